The summed E-state index contributed by atoms with van der Waals surface area (Å²) in [5, 5.41) is 30.1. The summed E-state index contributed by atoms with van der Waals surface area (Å²) in [5.74, 6) is -2.24. The fourth-order valence-electron chi connectivity index (χ4n) is 4.89. The van der Waals surface area contributed by atoms with Crippen LogP contribution in [0.1, 0.15) is 17.0 Å². The van der Waals surface area contributed by atoms with E-state index < -0.39 is 35.5 Å². The molecule has 192 valence electrons. The molecule has 2 aliphatic rings. The Hall–Kier alpha value is -4.95. The number of hydrogen-bond acceptors (Lipinski definition) is 7. The number of carbonyl (C=O) groups excluding carboxylic acids is 1. The zero-order chi connectivity index (χ0) is 27.5. The number of allylic oxidation sites excluding steroid dienone is 2. The fraction of sp³-hybridized carbons (Fsp3) is 0.259. The lowest BCUT2D eigenvalue weighted by atomic mass is 9.58. The van der Waals surface area contributed by atoms with Crippen LogP contribution in [0.3, 0.4) is 0 Å². The van der Waals surface area contributed by atoms with Gasteiger partial charge in [0.25, 0.3) is 0 Å². The molecule has 2 aromatic carbocycles. The van der Waals surface area contributed by atoms with E-state index in [1.54, 1.807) is 30.3 Å². The summed E-state index contributed by atoms with van der Waals surface area (Å²) in [7, 11) is 0. The van der Waals surface area contributed by atoms with E-state index in [2.05, 4.69) is 4.74 Å². The molecular formula is C27H20F3N5O3. The maximum absolute atomic E-state index is 12.9. The summed E-state index contributed by atoms with van der Waals surface area (Å²) >= 11 is 0. The number of fused-ring (bicyclic) bond motifs is 1. The van der Waals surface area contributed by atoms with Crippen LogP contribution in [0.4, 0.5) is 18.0 Å². The van der Waals surface area contributed by atoms with Crippen molar-refractivity contribution in [1.29, 1.82) is 15.8 Å². The minimum absolute atomic E-state index is 0.0193. The van der Waals surface area contributed by atoms with Gasteiger partial charge in [0.05, 0.1) is 23.4 Å². The number of nitriles is 3. The molecular weight excluding hydrogens is 499 g/mol. The summed E-state index contributed by atoms with van der Waals surface area (Å²) in [6.45, 7) is 0.0989. The fourth-order valence-corrected chi connectivity index (χ4v) is 4.89. The molecule has 8 nitrogen and oxygen atoms in total. The van der Waals surface area contributed by atoms with Gasteiger partial charge >= 0.3 is 12.5 Å². The number of rotatable bonds is 4. The summed E-state index contributed by atoms with van der Waals surface area (Å²) in [6, 6.07) is 19.6. The van der Waals surface area contributed by atoms with Gasteiger partial charge in [-0.3, -0.25) is 0 Å². The number of ether oxygens (including phenoxy) is 2. The van der Waals surface area contributed by atoms with Crippen molar-refractivity contribution < 1.29 is 27.4 Å². The van der Waals surface area contributed by atoms with Crippen molar-refractivity contribution in [2.24, 2.45) is 17.1 Å². The van der Waals surface area contributed by atoms with E-state index in [0.29, 0.717) is 11.1 Å². The Bertz CT molecular complexity index is 1400. The number of alkyl halides is 3. The van der Waals surface area contributed by atoms with Crippen molar-refractivity contribution in [3.63, 3.8) is 0 Å². The van der Waals surface area contributed by atoms with E-state index in [1.165, 1.54) is 17.0 Å². The Labute approximate surface area is 216 Å². The quantitative estimate of drug-likeness (QED) is 0.621. The molecule has 11 heteroatoms. The maximum Gasteiger partial charge on any atom is 0.573 e. The van der Waals surface area contributed by atoms with Crippen molar-refractivity contribution in [2.45, 2.75) is 18.9 Å². The van der Waals surface area contributed by atoms with Crippen LogP contribution >= 0.6 is 0 Å². The van der Waals surface area contributed by atoms with Crippen LogP contribution in [0.2, 0.25) is 0 Å². The molecule has 0 unspecified atom stereocenters. The SMILES string of the molecule is N#CC1=C(N)C(C#N)(C#N)[C@H](c2ccc(OC(F)(F)F)cc2)[C@@H]2CN(C(=O)OCc3ccccc3)CC=C12. The first kappa shape index (κ1) is 26.1. The second-order valence-electron chi connectivity index (χ2n) is 8.74. The molecule has 0 spiro atoms. The molecule has 0 fully saturated rings. The first-order valence-electron chi connectivity index (χ1n) is 11.4. The van der Waals surface area contributed by atoms with Gasteiger partial charge in [0.15, 0.2) is 5.41 Å². The smallest absolute Gasteiger partial charge is 0.445 e. The number of nitrogens with zero attached hydrogens (tertiary/aromatic N) is 4. The van der Waals surface area contributed by atoms with E-state index in [-0.39, 0.29) is 31.0 Å². The van der Waals surface area contributed by atoms with Crippen molar-refractivity contribution in [3.05, 3.63) is 88.6 Å². The van der Waals surface area contributed by atoms with E-state index in [4.69, 9.17) is 10.5 Å². The topological polar surface area (TPSA) is 136 Å². The third-order valence-corrected chi connectivity index (χ3v) is 6.60. The Balaban J connectivity index is 1.71. The highest BCUT2D eigenvalue weighted by atomic mass is 19.4. The van der Waals surface area contributed by atoms with Crippen LogP contribution in [-0.2, 0) is 11.3 Å². The second-order valence-corrected chi connectivity index (χ2v) is 8.74. The third kappa shape index (κ3) is 4.85. The Morgan fingerprint density at radius 1 is 1.08 bits per heavy atom. The third-order valence-electron chi connectivity index (χ3n) is 6.60. The molecule has 1 aliphatic heterocycles. The second kappa shape index (κ2) is 10.2. The Morgan fingerprint density at radius 3 is 2.32 bits per heavy atom. The largest absolute Gasteiger partial charge is 0.573 e. The molecule has 4 rings (SSSR count). The van der Waals surface area contributed by atoms with Gasteiger partial charge in [0, 0.05) is 24.9 Å². The van der Waals surface area contributed by atoms with Gasteiger partial charge in [-0.15, -0.1) is 13.2 Å². The van der Waals surface area contributed by atoms with Crippen LogP contribution in [0, 0.1) is 45.3 Å². The molecule has 1 heterocycles. The maximum atomic E-state index is 12.9. The lowest BCUT2D eigenvalue weighted by Gasteiger charge is -2.45. The number of nitrogens with two attached hydrogens (primary N) is 1. The van der Waals surface area contributed by atoms with E-state index >= 15 is 0 Å². The predicted molar refractivity (Wildman–Crippen MR) is 126 cm³/mol. The predicted octanol–water partition coefficient (Wildman–Crippen LogP) is 4.65. The standard InChI is InChI=1S/C27H20F3N5O3/c28-27(29,30)38-19-8-6-18(7-9-19)23-22-13-35(25(36)37-14-17-4-2-1-3-5-17)11-10-20(22)21(12-31)24(34)26(23,15-32)16-33/h1-10,22-23H,11,13-14,34H2/t22-,23-/m1/s1. The van der Waals surface area contributed by atoms with Crippen molar-refractivity contribution in [2.75, 3.05) is 13.1 Å². The number of amides is 1. The monoisotopic (exact) mass is 519 g/mol. The van der Waals surface area contributed by atoms with Crippen LogP contribution in [0.15, 0.2) is 77.5 Å². The molecule has 2 atom stereocenters. The van der Waals surface area contributed by atoms with Crippen LogP contribution in [0.25, 0.3) is 0 Å². The molecule has 0 aromatic heterocycles. The number of carbonyl (C=O) groups is 1. The zero-order valence-corrected chi connectivity index (χ0v) is 19.8. The minimum Gasteiger partial charge on any atom is -0.445 e. The normalized spacial score (nSPS) is 20.2. The molecule has 38 heavy (non-hydrogen) atoms. The van der Waals surface area contributed by atoms with Gasteiger partial charge in [-0.2, -0.15) is 15.8 Å². The molecule has 1 aliphatic carbocycles. The van der Waals surface area contributed by atoms with Gasteiger partial charge in [-0.05, 0) is 28.8 Å². The Kier molecular flexibility index (Phi) is 7.01. The molecule has 2 N–H and O–H groups in total. The first-order valence-corrected chi connectivity index (χ1v) is 11.4. The molecule has 0 radical (unpaired) electrons. The highest BCUT2D eigenvalue weighted by molar-refractivity contribution is 5.69. The summed E-state index contributed by atoms with van der Waals surface area (Å²) in [4.78, 5) is 14.3. The van der Waals surface area contributed by atoms with Crippen LogP contribution < -0.4 is 10.5 Å². The molecule has 2 aromatic rings. The van der Waals surface area contributed by atoms with Gasteiger partial charge in [-0.1, -0.05) is 48.5 Å². The zero-order valence-electron chi connectivity index (χ0n) is 19.8. The molecule has 0 bridgehead atoms. The minimum atomic E-state index is -4.90. The van der Waals surface area contributed by atoms with Crippen LogP contribution in [-0.4, -0.2) is 30.4 Å². The molecule has 0 saturated carbocycles. The van der Waals surface area contributed by atoms with E-state index in [1.807, 2.05) is 24.3 Å². The van der Waals surface area contributed by atoms with Gasteiger partial charge < -0.3 is 20.1 Å². The van der Waals surface area contributed by atoms with Gasteiger partial charge in [-0.25, -0.2) is 4.79 Å². The summed E-state index contributed by atoms with van der Waals surface area (Å²) in [6.07, 6.45) is -3.92. The van der Waals surface area contributed by atoms with E-state index in [9.17, 15) is 33.8 Å². The average molecular weight is 519 g/mol. The first-order chi connectivity index (χ1) is 18.1. The van der Waals surface area contributed by atoms with Crippen LogP contribution in [0.5, 0.6) is 5.75 Å². The Morgan fingerprint density at radius 2 is 1.74 bits per heavy atom. The van der Waals surface area contributed by atoms with Crippen molar-refractivity contribution in [3.8, 4) is 24.0 Å². The van der Waals surface area contributed by atoms with Gasteiger partial charge in [0.1, 0.15) is 18.4 Å². The van der Waals surface area contributed by atoms with Crippen molar-refractivity contribution >= 4 is 6.09 Å². The highest BCUT2D eigenvalue weighted by Gasteiger charge is 2.54. The molecule has 1 amide bonds. The summed E-state index contributed by atoms with van der Waals surface area (Å²) in [5.41, 5.74) is 5.51. The molecule has 0 saturated heterocycles. The summed E-state index contributed by atoms with van der Waals surface area (Å²) < 4.78 is 47.3. The number of benzene rings is 2. The average Bonchev–Trinajstić information content (AvgIpc) is 2.91. The lowest BCUT2D eigenvalue weighted by Crippen LogP contribution is -2.49. The number of halogens is 3. The lowest BCUT2D eigenvalue weighted by molar-refractivity contribution is -0.274. The van der Waals surface area contributed by atoms with Crippen molar-refractivity contribution in [1.82, 2.24) is 4.90 Å². The van der Waals surface area contributed by atoms with Gasteiger partial charge in [0.2, 0.25) is 0 Å². The number of hydrogen-bond donors (Lipinski definition) is 1. The highest BCUT2D eigenvalue weighted by Crippen LogP contribution is 2.54. The van der Waals surface area contributed by atoms with E-state index in [0.717, 1.165) is 17.7 Å².